The first-order valence-electron chi connectivity index (χ1n) is 21.0. The van der Waals surface area contributed by atoms with Crippen LogP contribution in [0.5, 0.6) is 0 Å². The van der Waals surface area contributed by atoms with E-state index in [1.54, 1.807) is 0 Å². The monoisotopic (exact) mass is 812 g/mol. The fraction of sp³-hybridized carbons (Fsp3) is 0.532. The van der Waals surface area contributed by atoms with E-state index in [1.807, 2.05) is 18.2 Å². The number of unbranched alkanes of at least 4 members (excludes halogenated alkanes) is 4. The lowest BCUT2D eigenvalue weighted by molar-refractivity contribution is -0.161. The molecule has 320 valence electrons. The van der Waals surface area contributed by atoms with Crippen LogP contribution in [0.25, 0.3) is 0 Å². The molecular formula is C47H74NO8P. The fourth-order valence-electron chi connectivity index (χ4n) is 4.77. The summed E-state index contributed by atoms with van der Waals surface area (Å²) in [6, 6.07) is 0. The number of hydrogen-bond donors (Lipinski definition) is 2. The Kier molecular flexibility index (Phi) is 39.4. The highest BCUT2D eigenvalue weighted by molar-refractivity contribution is 7.47. The van der Waals surface area contributed by atoms with Gasteiger partial charge in [-0.25, -0.2) is 4.57 Å². The molecular weight excluding hydrogens is 737 g/mol. The smallest absolute Gasteiger partial charge is 0.462 e. The summed E-state index contributed by atoms with van der Waals surface area (Å²) in [5.41, 5.74) is 5.33. The number of phosphoric ester groups is 1. The molecule has 0 aromatic rings. The van der Waals surface area contributed by atoms with Gasteiger partial charge in [-0.2, -0.15) is 0 Å². The number of ether oxygens (including phenoxy) is 2. The lowest BCUT2D eigenvalue weighted by Crippen LogP contribution is -2.29. The molecule has 10 heteroatoms. The van der Waals surface area contributed by atoms with Gasteiger partial charge in [-0.05, 0) is 89.9 Å². The van der Waals surface area contributed by atoms with Gasteiger partial charge < -0.3 is 20.1 Å². The molecule has 0 bridgehead atoms. The van der Waals surface area contributed by atoms with E-state index in [4.69, 9.17) is 24.3 Å². The molecule has 57 heavy (non-hydrogen) atoms. The van der Waals surface area contributed by atoms with Crippen molar-refractivity contribution < 1.29 is 37.6 Å². The predicted molar refractivity (Wildman–Crippen MR) is 237 cm³/mol. The second-order valence-electron chi connectivity index (χ2n) is 13.1. The van der Waals surface area contributed by atoms with Crippen LogP contribution in [0.4, 0.5) is 0 Å². The zero-order valence-electron chi connectivity index (χ0n) is 35.0. The number of carbonyl (C=O) groups is 2. The molecule has 0 aromatic carbocycles. The molecule has 0 fully saturated rings. The number of rotatable bonds is 37. The van der Waals surface area contributed by atoms with Crippen LogP contribution in [-0.4, -0.2) is 49.3 Å². The van der Waals surface area contributed by atoms with Gasteiger partial charge in [0.25, 0.3) is 0 Å². The van der Waals surface area contributed by atoms with E-state index >= 15 is 0 Å². The number of hydrogen-bond acceptors (Lipinski definition) is 8. The molecule has 0 aromatic heterocycles. The van der Waals surface area contributed by atoms with E-state index < -0.39 is 32.5 Å². The maximum Gasteiger partial charge on any atom is 0.472 e. The largest absolute Gasteiger partial charge is 0.472 e. The number of carbonyl (C=O) groups excluding carboxylic acids is 2. The summed E-state index contributed by atoms with van der Waals surface area (Å²) in [6.45, 7) is 3.40. The predicted octanol–water partition coefficient (Wildman–Crippen LogP) is 12.2. The topological polar surface area (TPSA) is 134 Å². The standard InChI is InChI=1S/C47H74NO8P/c1-3-5-7-9-11-13-15-17-19-21-22-24-25-27-29-31-33-35-37-39-46(49)53-43-45(44-55-57(51,52)54-42-41-48)56-47(50)40-38-36-34-32-30-28-26-23-20-18-16-14-12-10-8-6-4-2/h6,8,11-14,17-20,22,24,26-29,32-35,45H,3-5,7,9-10,15-16,21,23,25,30-31,36-44,48H2,1-2H3,(H,51,52)/t45-/m1/s1. The first-order valence-corrected chi connectivity index (χ1v) is 22.5. The van der Waals surface area contributed by atoms with Crippen molar-refractivity contribution >= 4 is 19.8 Å². The number of esters is 2. The van der Waals surface area contributed by atoms with Gasteiger partial charge in [0.2, 0.25) is 0 Å². The van der Waals surface area contributed by atoms with Gasteiger partial charge in [-0.3, -0.25) is 18.6 Å². The zero-order valence-corrected chi connectivity index (χ0v) is 35.9. The highest BCUT2D eigenvalue weighted by Crippen LogP contribution is 2.43. The molecule has 2 atom stereocenters. The summed E-state index contributed by atoms with van der Waals surface area (Å²) in [6.07, 6.45) is 56.8. The van der Waals surface area contributed by atoms with Crippen molar-refractivity contribution in [3.05, 3.63) is 122 Å². The van der Waals surface area contributed by atoms with Crippen molar-refractivity contribution in [2.75, 3.05) is 26.4 Å². The molecule has 9 nitrogen and oxygen atoms in total. The average Bonchev–Trinajstić information content (AvgIpc) is 3.20. The van der Waals surface area contributed by atoms with Crippen LogP contribution in [0.15, 0.2) is 122 Å². The van der Waals surface area contributed by atoms with Gasteiger partial charge in [-0.1, -0.05) is 148 Å². The SMILES string of the molecule is CCC=CCC=CCC=CCC=CCC=CCCCC(=O)O[C@H](COC(=O)CCC=CCC=CCC=CCC=CCC=CCCCCC)COP(=O)(O)OCCN. The molecule has 0 saturated carbocycles. The van der Waals surface area contributed by atoms with E-state index in [2.05, 4.69) is 117 Å². The quantitative estimate of drug-likeness (QED) is 0.0272. The van der Waals surface area contributed by atoms with E-state index in [9.17, 15) is 19.0 Å². The molecule has 1 unspecified atom stereocenters. The van der Waals surface area contributed by atoms with E-state index in [-0.39, 0.29) is 32.6 Å². The van der Waals surface area contributed by atoms with Crippen LogP contribution in [0.2, 0.25) is 0 Å². The fourth-order valence-corrected chi connectivity index (χ4v) is 5.53. The highest BCUT2D eigenvalue weighted by atomic mass is 31.2. The summed E-state index contributed by atoms with van der Waals surface area (Å²) < 4.78 is 32.6. The molecule has 0 aliphatic heterocycles. The van der Waals surface area contributed by atoms with Gasteiger partial charge in [0.05, 0.1) is 13.2 Å². The summed E-state index contributed by atoms with van der Waals surface area (Å²) in [5.74, 6) is -1.01. The first-order chi connectivity index (χ1) is 27.8. The minimum atomic E-state index is -4.42. The van der Waals surface area contributed by atoms with Crippen molar-refractivity contribution in [2.45, 2.75) is 136 Å². The summed E-state index contributed by atoms with van der Waals surface area (Å²) in [4.78, 5) is 34.8. The van der Waals surface area contributed by atoms with Crippen molar-refractivity contribution in [3.63, 3.8) is 0 Å². The lowest BCUT2D eigenvalue weighted by atomic mass is 10.2. The summed E-state index contributed by atoms with van der Waals surface area (Å²) >= 11 is 0. The highest BCUT2D eigenvalue weighted by Gasteiger charge is 2.25. The third kappa shape index (κ3) is 41.9. The normalized spacial score (nSPS) is 14.5. The van der Waals surface area contributed by atoms with Crippen molar-refractivity contribution in [1.82, 2.24) is 0 Å². The Morgan fingerprint density at radius 2 is 0.982 bits per heavy atom. The molecule has 0 saturated heterocycles. The molecule has 0 radical (unpaired) electrons. The van der Waals surface area contributed by atoms with Crippen LogP contribution in [0.1, 0.15) is 129 Å². The third-order valence-corrected chi connectivity index (χ3v) is 8.83. The van der Waals surface area contributed by atoms with Crippen LogP contribution in [-0.2, 0) is 32.7 Å². The van der Waals surface area contributed by atoms with Crippen LogP contribution < -0.4 is 5.73 Å². The zero-order chi connectivity index (χ0) is 41.8. The Bertz CT molecular complexity index is 1340. The Hall–Kier alpha value is -3.59. The van der Waals surface area contributed by atoms with Crippen LogP contribution >= 0.6 is 7.82 Å². The minimum absolute atomic E-state index is 0.0276. The van der Waals surface area contributed by atoms with Gasteiger partial charge in [-0.15, -0.1) is 0 Å². The third-order valence-electron chi connectivity index (χ3n) is 7.85. The summed E-state index contributed by atoms with van der Waals surface area (Å²) in [7, 11) is -4.42. The Morgan fingerprint density at radius 3 is 1.44 bits per heavy atom. The van der Waals surface area contributed by atoms with Gasteiger partial charge in [0, 0.05) is 19.4 Å². The first kappa shape index (κ1) is 53.4. The van der Waals surface area contributed by atoms with E-state index in [1.165, 1.54) is 25.7 Å². The number of phosphoric acid groups is 1. The second kappa shape index (κ2) is 42.0. The molecule has 0 heterocycles. The van der Waals surface area contributed by atoms with Crippen molar-refractivity contribution in [2.24, 2.45) is 5.73 Å². The van der Waals surface area contributed by atoms with Crippen molar-refractivity contribution in [1.29, 1.82) is 0 Å². The van der Waals surface area contributed by atoms with Crippen LogP contribution in [0.3, 0.4) is 0 Å². The molecule has 0 aliphatic carbocycles. The van der Waals surface area contributed by atoms with Gasteiger partial charge in [0.1, 0.15) is 6.61 Å². The minimum Gasteiger partial charge on any atom is -0.462 e. The Morgan fingerprint density at radius 1 is 0.544 bits per heavy atom. The van der Waals surface area contributed by atoms with E-state index in [0.717, 1.165) is 57.8 Å². The Labute approximate surface area is 345 Å². The number of allylic oxidation sites excluding steroid dienone is 20. The maximum atomic E-state index is 12.5. The average molecular weight is 812 g/mol. The molecule has 0 amide bonds. The second-order valence-corrected chi connectivity index (χ2v) is 14.6. The lowest BCUT2D eigenvalue weighted by Gasteiger charge is -2.19. The molecule has 0 aliphatic rings. The Balaban J connectivity index is 4.43. The molecule has 3 N–H and O–H groups in total. The van der Waals surface area contributed by atoms with Crippen molar-refractivity contribution in [3.8, 4) is 0 Å². The van der Waals surface area contributed by atoms with Crippen LogP contribution in [0, 0.1) is 0 Å². The summed E-state index contributed by atoms with van der Waals surface area (Å²) in [5, 5.41) is 0. The molecule has 0 spiro atoms. The maximum absolute atomic E-state index is 12.5. The van der Waals surface area contributed by atoms with Gasteiger partial charge >= 0.3 is 19.8 Å². The molecule has 0 rings (SSSR count). The number of nitrogens with two attached hydrogens (primary N) is 1. The van der Waals surface area contributed by atoms with E-state index in [0.29, 0.717) is 19.3 Å². The van der Waals surface area contributed by atoms with Gasteiger partial charge in [0.15, 0.2) is 6.10 Å².